The Morgan fingerprint density at radius 1 is 0.703 bits per heavy atom. The van der Waals surface area contributed by atoms with Crippen LogP contribution in [0.15, 0.2) is 97.1 Å². The van der Waals surface area contributed by atoms with Gasteiger partial charge in [-0.25, -0.2) is 0 Å². The summed E-state index contributed by atoms with van der Waals surface area (Å²) in [5, 5.41) is 3.45. The molecule has 37 heavy (non-hydrogen) atoms. The highest BCUT2D eigenvalue weighted by Gasteiger charge is 2.34. The van der Waals surface area contributed by atoms with Crippen LogP contribution in [0, 0.1) is 0 Å². The summed E-state index contributed by atoms with van der Waals surface area (Å²) in [6.45, 7) is 2.23. The predicted molar refractivity (Wildman–Crippen MR) is 141 cm³/mol. The molecule has 0 bridgehead atoms. The van der Waals surface area contributed by atoms with Gasteiger partial charge in [-0.05, 0) is 46.5 Å². The summed E-state index contributed by atoms with van der Waals surface area (Å²) in [6, 6.07) is 31.1. The van der Waals surface area contributed by atoms with Gasteiger partial charge in [-0.3, -0.25) is 14.5 Å². The minimum atomic E-state index is -0.235. The maximum absolute atomic E-state index is 12.6. The summed E-state index contributed by atoms with van der Waals surface area (Å²) in [5.74, 6) is 1.12. The highest BCUT2D eigenvalue weighted by molar-refractivity contribution is 6.21. The van der Waals surface area contributed by atoms with E-state index in [-0.39, 0.29) is 24.5 Å². The standard InChI is InChI=1S/C31H26N2O4/c34-30-26-5-1-2-6-27(26)31(35)33(30)19-22-11-15-24(16-12-22)23-13-9-21(10-14-23)17-32-18-25-20-36-28-7-3-4-8-29(28)37-25/h1-16,25,32H,17-20H2. The molecule has 1 atom stereocenters. The van der Waals surface area contributed by atoms with Crippen molar-refractivity contribution < 1.29 is 19.1 Å². The molecule has 2 amide bonds. The second kappa shape index (κ2) is 9.91. The lowest BCUT2D eigenvalue weighted by Gasteiger charge is -2.26. The molecule has 0 aromatic heterocycles. The third kappa shape index (κ3) is 4.71. The van der Waals surface area contributed by atoms with Crippen molar-refractivity contribution >= 4 is 11.8 Å². The average Bonchev–Trinajstić information content (AvgIpc) is 3.19. The van der Waals surface area contributed by atoms with Crippen LogP contribution in [-0.2, 0) is 13.1 Å². The van der Waals surface area contributed by atoms with E-state index in [1.165, 1.54) is 10.5 Å². The van der Waals surface area contributed by atoms with Gasteiger partial charge in [0.1, 0.15) is 12.7 Å². The van der Waals surface area contributed by atoms with Crippen LogP contribution in [0.2, 0.25) is 0 Å². The number of nitrogens with one attached hydrogen (secondary N) is 1. The fourth-order valence-electron chi connectivity index (χ4n) is 4.72. The molecule has 2 heterocycles. The molecule has 0 saturated carbocycles. The minimum Gasteiger partial charge on any atom is -0.486 e. The van der Waals surface area contributed by atoms with Crippen LogP contribution in [-0.4, -0.2) is 36.0 Å². The number of hydrogen-bond acceptors (Lipinski definition) is 5. The van der Waals surface area contributed by atoms with E-state index in [1.807, 2.05) is 48.5 Å². The maximum atomic E-state index is 12.6. The lowest BCUT2D eigenvalue weighted by atomic mass is 10.0. The fourth-order valence-corrected chi connectivity index (χ4v) is 4.72. The molecule has 0 fully saturated rings. The SMILES string of the molecule is O=C1c2ccccc2C(=O)N1Cc1ccc(-c2ccc(CNCC3COc4ccccc4O3)cc2)cc1. The van der Waals surface area contributed by atoms with Crippen LogP contribution in [0.1, 0.15) is 31.8 Å². The Bertz CT molecular complexity index is 1410. The number of amides is 2. The van der Waals surface area contributed by atoms with Crippen molar-refractivity contribution in [2.75, 3.05) is 13.2 Å². The Hall–Kier alpha value is -4.42. The number of para-hydroxylation sites is 2. The Morgan fingerprint density at radius 3 is 1.92 bits per heavy atom. The summed E-state index contributed by atoms with van der Waals surface area (Å²) >= 11 is 0. The first-order valence-electron chi connectivity index (χ1n) is 12.4. The molecule has 0 radical (unpaired) electrons. The quantitative estimate of drug-likeness (QED) is 0.366. The Kier molecular flexibility index (Phi) is 6.16. The molecule has 4 aromatic carbocycles. The maximum Gasteiger partial charge on any atom is 0.261 e. The molecule has 4 aromatic rings. The third-order valence-corrected chi connectivity index (χ3v) is 6.73. The fraction of sp³-hybridized carbons (Fsp3) is 0.161. The number of nitrogens with zero attached hydrogens (tertiary/aromatic N) is 1. The van der Waals surface area contributed by atoms with Crippen molar-refractivity contribution in [1.82, 2.24) is 10.2 Å². The van der Waals surface area contributed by atoms with E-state index in [4.69, 9.17) is 9.47 Å². The van der Waals surface area contributed by atoms with E-state index < -0.39 is 0 Å². The minimum absolute atomic E-state index is 0.0204. The van der Waals surface area contributed by atoms with E-state index in [0.29, 0.717) is 24.3 Å². The molecular formula is C31H26N2O4. The van der Waals surface area contributed by atoms with Gasteiger partial charge in [0.25, 0.3) is 11.8 Å². The van der Waals surface area contributed by atoms with Gasteiger partial charge >= 0.3 is 0 Å². The Labute approximate surface area is 215 Å². The predicted octanol–water partition coefficient (Wildman–Crippen LogP) is 5.08. The van der Waals surface area contributed by atoms with Gasteiger partial charge in [-0.1, -0.05) is 72.8 Å². The van der Waals surface area contributed by atoms with Gasteiger partial charge in [-0.2, -0.15) is 0 Å². The number of hydrogen-bond donors (Lipinski definition) is 1. The zero-order valence-electron chi connectivity index (χ0n) is 20.2. The molecule has 0 aliphatic carbocycles. The topological polar surface area (TPSA) is 67.9 Å². The van der Waals surface area contributed by atoms with E-state index in [9.17, 15) is 9.59 Å². The lowest BCUT2D eigenvalue weighted by Crippen LogP contribution is -2.38. The molecule has 0 saturated heterocycles. The molecule has 6 rings (SSSR count). The number of carbonyl (C=O) groups excluding carboxylic acids is 2. The van der Waals surface area contributed by atoms with Crippen molar-refractivity contribution in [2.24, 2.45) is 0 Å². The molecule has 1 N–H and O–H groups in total. The number of fused-ring (bicyclic) bond motifs is 2. The van der Waals surface area contributed by atoms with E-state index in [1.54, 1.807) is 24.3 Å². The summed E-state index contributed by atoms with van der Waals surface area (Å²) in [5.41, 5.74) is 5.24. The monoisotopic (exact) mass is 490 g/mol. The summed E-state index contributed by atoms with van der Waals surface area (Å²) in [7, 11) is 0. The normalized spacial score (nSPS) is 16.1. The second-order valence-electron chi connectivity index (χ2n) is 9.26. The van der Waals surface area contributed by atoms with Crippen LogP contribution in [0.25, 0.3) is 11.1 Å². The number of rotatable bonds is 7. The van der Waals surface area contributed by atoms with Crippen LogP contribution >= 0.6 is 0 Å². The Morgan fingerprint density at radius 2 is 1.27 bits per heavy atom. The number of carbonyl (C=O) groups is 2. The van der Waals surface area contributed by atoms with Crippen molar-refractivity contribution in [3.63, 3.8) is 0 Å². The smallest absolute Gasteiger partial charge is 0.261 e. The summed E-state index contributed by atoms with van der Waals surface area (Å²) in [6.07, 6.45) is -0.0204. The second-order valence-corrected chi connectivity index (χ2v) is 9.26. The molecule has 2 aliphatic rings. The Balaban J connectivity index is 1.03. The zero-order chi connectivity index (χ0) is 25.2. The first-order chi connectivity index (χ1) is 18.2. The van der Waals surface area contributed by atoms with Crippen LogP contribution in [0.4, 0.5) is 0 Å². The van der Waals surface area contributed by atoms with Crippen LogP contribution in [0.3, 0.4) is 0 Å². The van der Waals surface area contributed by atoms with Crippen molar-refractivity contribution in [2.45, 2.75) is 19.2 Å². The van der Waals surface area contributed by atoms with Gasteiger partial charge in [0.2, 0.25) is 0 Å². The van der Waals surface area contributed by atoms with E-state index >= 15 is 0 Å². The van der Waals surface area contributed by atoms with Gasteiger partial charge in [0.15, 0.2) is 11.5 Å². The third-order valence-electron chi connectivity index (χ3n) is 6.73. The van der Waals surface area contributed by atoms with Gasteiger partial charge < -0.3 is 14.8 Å². The van der Waals surface area contributed by atoms with Crippen molar-refractivity contribution in [3.05, 3.63) is 119 Å². The van der Waals surface area contributed by atoms with E-state index in [2.05, 4.69) is 29.6 Å². The van der Waals surface area contributed by atoms with Crippen molar-refractivity contribution in [1.29, 1.82) is 0 Å². The first-order valence-corrected chi connectivity index (χ1v) is 12.4. The highest BCUT2D eigenvalue weighted by atomic mass is 16.6. The largest absolute Gasteiger partial charge is 0.486 e. The van der Waals surface area contributed by atoms with Crippen LogP contribution in [0.5, 0.6) is 11.5 Å². The molecule has 2 aliphatic heterocycles. The number of imide groups is 1. The molecule has 6 heteroatoms. The van der Waals surface area contributed by atoms with Gasteiger partial charge in [0.05, 0.1) is 17.7 Å². The lowest BCUT2D eigenvalue weighted by molar-refractivity contribution is 0.0642. The van der Waals surface area contributed by atoms with Crippen molar-refractivity contribution in [3.8, 4) is 22.6 Å². The van der Waals surface area contributed by atoms with E-state index in [0.717, 1.165) is 34.7 Å². The molecule has 0 spiro atoms. The molecule has 184 valence electrons. The zero-order valence-corrected chi connectivity index (χ0v) is 20.2. The average molecular weight is 491 g/mol. The van der Waals surface area contributed by atoms with Gasteiger partial charge in [-0.15, -0.1) is 0 Å². The molecule has 6 nitrogen and oxygen atoms in total. The summed E-state index contributed by atoms with van der Waals surface area (Å²) in [4.78, 5) is 26.6. The van der Waals surface area contributed by atoms with Crippen LogP contribution < -0.4 is 14.8 Å². The molecular weight excluding hydrogens is 464 g/mol. The number of benzene rings is 4. The number of ether oxygens (including phenoxy) is 2. The highest BCUT2D eigenvalue weighted by Crippen LogP contribution is 2.31. The van der Waals surface area contributed by atoms with Gasteiger partial charge in [0, 0.05) is 13.1 Å². The first kappa shape index (κ1) is 23.0. The summed E-state index contributed by atoms with van der Waals surface area (Å²) < 4.78 is 11.8. The molecule has 1 unspecified atom stereocenters.